The number of carbonyl (C=O) groups is 1. The zero-order valence-corrected chi connectivity index (χ0v) is 14.6. The van der Waals surface area contributed by atoms with Crippen molar-refractivity contribution >= 4 is 5.91 Å². The van der Waals surface area contributed by atoms with Crippen molar-refractivity contribution in [2.45, 2.75) is 31.8 Å². The summed E-state index contributed by atoms with van der Waals surface area (Å²) in [4.78, 5) is 15.7. The van der Waals surface area contributed by atoms with Gasteiger partial charge in [-0.15, -0.1) is 0 Å². The molecule has 2 fully saturated rings. The monoisotopic (exact) mass is 334 g/mol. The van der Waals surface area contributed by atoms with E-state index in [-0.39, 0.29) is 23.2 Å². The molecule has 1 amide bonds. The molecule has 0 N–H and O–H groups in total. The maximum atomic E-state index is 13.8. The third-order valence-corrected chi connectivity index (χ3v) is 5.47. The Morgan fingerprint density at radius 2 is 2.04 bits per heavy atom. The van der Waals surface area contributed by atoms with E-state index in [1.165, 1.54) is 6.07 Å². The van der Waals surface area contributed by atoms with Gasteiger partial charge in [0, 0.05) is 20.5 Å². The molecule has 24 heavy (non-hydrogen) atoms. The van der Waals surface area contributed by atoms with Crippen LogP contribution in [0.3, 0.4) is 0 Å². The van der Waals surface area contributed by atoms with Gasteiger partial charge in [-0.2, -0.15) is 0 Å². The van der Waals surface area contributed by atoms with Crippen LogP contribution in [0.25, 0.3) is 0 Å². The number of halogens is 1. The van der Waals surface area contributed by atoms with Crippen molar-refractivity contribution in [1.29, 1.82) is 0 Å². The minimum absolute atomic E-state index is 0.108. The molecule has 0 aromatic heterocycles. The number of likely N-dealkylation sites (N-methyl/N-ethyl adjacent to an activating group) is 1. The summed E-state index contributed by atoms with van der Waals surface area (Å²) in [5.74, 6) is 0.0186. The Morgan fingerprint density at radius 1 is 1.33 bits per heavy atom. The highest BCUT2D eigenvalue weighted by Gasteiger charge is 2.42. The third kappa shape index (κ3) is 3.95. The van der Waals surface area contributed by atoms with Crippen LogP contribution in [0.2, 0.25) is 0 Å². The maximum absolute atomic E-state index is 13.8. The Labute approximate surface area is 143 Å². The molecule has 1 aromatic carbocycles. The van der Waals surface area contributed by atoms with Crippen LogP contribution in [0.5, 0.6) is 0 Å². The molecule has 5 heteroatoms. The van der Waals surface area contributed by atoms with Crippen LogP contribution in [-0.4, -0.2) is 62.1 Å². The molecule has 2 aliphatic heterocycles. The van der Waals surface area contributed by atoms with Crippen LogP contribution in [0.15, 0.2) is 24.3 Å². The Bertz CT molecular complexity index is 582. The number of rotatable bonds is 4. The van der Waals surface area contributed by atoms with E-state index in [4.69, 9.17) is 4.74 Å². The topological polar surface area (TPSA) is 32.8 Å². The minimum atomic E-state index is -0.140. The molecular weight excluding hydrogens is 307 g/mol. The van der Waals surface area contributed by atoms with Gasteiger partial charge in [0.15, 0.2) is 0 Å². The van der Waals surface area contributed by atoms with Crippen molar-refractivity contribution in [3.05, 3.63) is 35.6 Å². The van der Waals surface area contributed by atoms with Crippen molar-refractivity contribution in [2.24, 2.45) is 5.41 Å². The summed E-state index contributed by atoms with van der Waals surface area (Å²) in [6, 6.07) is 6.96. The first-order chi connectivity index (χ1) is 11.5. The van der Waals surface area contributed by atoms with Gasteiger partial charge in [0.1, 0.15) is 5.82 Å². The molecule has 2 saturated heterocycles. The molecule has 2 aliphatic rings. The third-order valence-electron chi connectivity index (χ3n) is 5.47. The second kappa shape index (κ2) is 7.19. The number of benzene rings is 1. The number of hydrogen-bond donors (Lipinski definition) is 0. The van der Waals surface area contributed by atoms with E-state index in [1.807, 2.05) is 12.1 Å². The molecule has 1 atom stereocenters. The second-order valence-electron chi connectivity index (χ2n) is 7.50. The molecule has 2 heterocycles. The van der Waals surface area contributed by atoms with E-state index in [2.05, 4.69) is 4.90 Å². The van der Waals surface area contributed by atoms with Gasteiger partial charge in [-0.1, -0.05) is 18.2 Å². The largest absolute Gasteiger partial charge is 0.377 e. The number of likely N-dealkylation sites (tertiary alicyclic amines) is 1. The van der Waals surface area contributed by atoms with E-state index in [0.29, 0.717) is 13.0 Å². The summed E-state index contributed by atoms with van der Waals surface area (Å²) in [5, 5.41) is 0. The Balaban J connectivity index is 1.51. The highest BCUT2D eigenvalue weighted by atomic mass is 19.1. The lowest BCUT2D eigenvalue weighted by Gasteiger charge is -2.38. The first-order valence-corrected chi connectivity index (χ1v) is 8.75. The summed E-state index contributed by atoms with van der Waals surface area (Å²) in [6.45, 7) is 3.15. The van der Waals surface area contributed by atoms with E-state index >= 15 is 0 Å². The van der Waals surface area contributed by atoms with Gasteiger partial charge in [-0.05, 0) is 49.4 Å². The van der Waals surface area contributed by atoms with Crippen molar-refractivity contribution in [1.82, 2.24) is 9.80 Å². The molecule has 0 bridgehead atoms. The second-order valence-corrected chi connectivity index (χ2v) is 7.50. The minimum Gasteiger partial charge on any atom is -0.377 e. The van der Waals surface area contributed by atoms with Gasteiger partial charge < -0.3 is 9.64 Å². The van der Waals surface area contributed by atoms with Crippen molar-refractivity contribution in [3.63, 3.8) is 0 Å². The van der Waals surface area contributed by atoms with E-state index < -0.39 is 0 Å². The number of nitrogens with zero attached hydrogens (tertiary/aromatic N) is 2. The number of ether oxygens (including phenoxy) is 1. The number of carbonyl (C=O) groups excluding carboxylic acids is 1. The lowest BCUT2D eigenvalue weighted by atomic mass is 9.76. The zero-order chi connectivity index (χ0) is 17.2. The Kier molecular flexibility index (Phi) is 5.21. The fourth-order valence-corrected chi connectivity index (χ4v) is 3.80. The summed E-state index contributed by atoms with van der Waals surface area (Å²) in [5.41, 5.74) is 0.960. The number of piperidine rings is 1. The quantitative estimate of drug-likeness (QED) is 0.847. The predicted octanol–water partition coefficient (Wildman–Crippen LogP) is 2.33. The van der Waals surface area contributed by atoms with Crippen molar-refractivity contribution < 1.29 is 13.9 Å². The van der Waals surface area contributed by atoms with Gasteiger partial charge in [-0.3, -0.25) is 9.69 Å². The fraction of sp³-hybridized carbons (Fsp3) is 0.632. The first kappa shape index (κ1) is 17.4. The molecule has 0 aliphatic carbocycles. The van der Waals surface area contributed by atoms with Crippen LogP contribution in [0.4, 0.5) is 4.39 Å². The molecule has 4 nitrogen and oxygen atoms in total. The van der Waals surface area contributed by atoms with Gasteiger partial charge in [0.2, 0.25) is 5.91 Å². The zero-order valence-electron chi connectivity index (χ0n) is 14.6. The number of hydrogen-bond acceptors (Lipinski definition) is 3. The first-order valence-electron chi connectivity index (χ1n) is 8.75. The summed E-state index contributed by atoms with van der Waals surface area (Å²) in [7, 11) is 3.60. The average Bonchev–Trinajstić information content (AvgIpc) is 2.94. The predicted molar refractivity (Wildman–Crippen MR) is 91.3 cm³/mol. The smallest absolute Gasteiger partial charge is 0.236 e. The lowest BCUT2D eigenvalue weighted by molar-refractivity contribution is -0.130. The van der Waals surface area contributed by atoms with Crippen LogP contribution in [0.1, 0.15) is 24.8 Å². The molecule has 132 valence electrons. The van der Waals surface area contributed by atoms with E-state index in [1.54, 1.807) is 25.1 Å². The van der Waals surface area contributed by atoms with Gasteiger partial charge in [0.25, 0.3) is 0 Å². The lowest BCUT2D eigenvalue weighted by Crippen LogP contribution is -2.44. The molecule has 1 spiro atoms. The summed E-state index contributed by atoms with van der Waals surface area (Å²) in [6.07, 6.45) is 3.87. The molecule has 1 aromatic rings. The Morgan fingerprint density at radius 3 is 2.71 bits per heavy atom. The highest BCUT2D eigenvalue weighted by Crippen LogP contribution is 2.42. The standard InChI is InChI=1S/C19H27FN2O2/c1-21(2)18(23)13-22-9-7-19(8-10-22)12-16(24-14-19)11-15-5-3-4-6-17(15)20/h3-6,16H,7-14H2,1-2H3. The van der Waals surface area contributed by atoms with Crippen LogP contribution >= 0.6 is 0 Å². The molecular formula is C19H27FN2O2. The van der Waals surface area contributed by atoms with Crippen molar-refractivity contribution in [3.8, 4) is 0 Å². The SMILES string of the molecule is CN(C)C(=O)CN1CCC2(CC1)COC(Cc1ccccc1F)C2. The fourth-order valence-electron chi connectivity index (χ4n) is 3.80. The maximum Gasteiger partial charge on any atom is 0.236 e. The van der Waals surface area contributed by atoms with Gasteiger partial charge in [0.05, 0.1) is 19.3 Å². The van der Waals surface area contributed by atoms with Gasteiger partial charge >= 0.3 is 0 Å². The summed E-state index contributed by atoms with van der Waals surface area (Å²) < 4.78 is 19.8. The summed E-state index contributed by atoms with van der Waals surface area (Å²) >= 11 is 0. The molecule has 0 radical (unpaired) electrons. The Hall–Kier alpha value is -1.46. The van der Waals surface area contributed by atoms with Crippen LogP contribution in [0, 0.1) is 11.2 Å². The van der Waals surface area contributed by atoms with Crippen molar-refractivity contribution in [2.75, 3.05) is 40.3 Å². The molecule has 0 saturated carbocycles. The van der Waals surface area contributed by atoms with E-state index in [9.17, 15) is 9.18 Å². The average molecular weight is 334 g/mol. The highest BCUT2D eigenvalue weighted by molar-refractivity contribution is 5.77. The van der Waals surface area contributed by atoms with E-state index in [0.717, 1.165) is 44.5 Å². The molecule has 1 unspecified atom stereocenters. The molecule has 3 rings (SSSR count). The van der Waals surface area contributed by atoms with Gasteiger partial charge in [-0.25, -0.2) is 4.39 Å². The normalized spacial score (nSPS) is 23.5. The van der Waals surface area contributed by atoms with Crippen LogP contribution in [-0.2, 0) is 16.0 Å². The van der Waals surface area contributed by atoms with Crippen LogP contribution < -0.4 is 0 Å². The number of amides is 1.